The number of hydrogen-bond donors (Lipinski definition) is 2. The number of guanidine groups is 1. The normalized spacial score (nSPS) is 13.5. The number of aliphatic imine (C=N–C) groups is 1. The molecule has 0 aliphatic heterocycles. The van der Waals surface area contributed by atoms with E-state index >= 15 is 0 Å². The highest BCUT2D eigenvalue weighted by molar-refractivity contribution is 5.80. The second kappa shape index (κ2) is 14.1. The first-order chi connectivity index (χ1) is 10.2. The number of rotatable bonds is 12. The highest BCUT2D eigenvalue weighted by Gasteiger charge is 2.06. The van der Waals surface area contributed by atoms with E-state index in [-0.39, 0.29) is 0 Å². The summed E-state index contributed by atoms with van der Waals surface area (Å²) in [5, 5.41) is 6.75. The Morgan fingerprint density at radius 1 is 1.19 bits per heavy atom. The van der Waals surface area contributed by atoms with Crippen molar-refractivity contribution in [2.75, 3.05) is 45.9 Å². The number of nitrogens with zero attached hydrogens (tertiary/aromatic N) is 2. The fourth-order valence-electron chi connectivity index (χ4n) is 2.15. The van der Waals surface area contributed by atoms with Crippen molar-refractivity contribution < 1.29 is 4.74 Å². The maximum atomic E-state index is 5.31. The minimum absolute atomic E-state index is 0.436. The van der Waals surface area contributed by atoms with E-state index < -0.39 is 0 Å². The van der Waals surface area contributed by atoms with E-state index in [2.05, 4.69) is 48.2 Å². The van der Waals surface area contributed by atoms with Crippen molar-refractivity contribution in [2.45, 2.75) is 53.5 Å². The highest BCUT2D eigenvalue weighted by atomic mass is 16.5. The summed E-state index contributed by atoms with van der Waals surface area (Å²) in [6, 6.07) is 0.436. The molecule has 0 aliphatic carbocycles. The van der Waals surface area contributed by atoms with Gasteiger partial charge in [-0.1, -0.05) is 13.8 Å². The summed E-state index contributed by atoms with van der Waals surface area (Å²) < 4.78 is 5.31. The van der Waals surface area contributed by atoms with Crippen LogP contribution < -0.4 is 10.6 Å². The summed E-state index contributed by atoms with van der Waals surface area (Å²) in [4.78, 5) is 6.99. The number of hydrogen-bond acceptors (Lipinski definition) is 3. The van der Waals surface area contributed by atoms with Crippen LogP contribution in [-0.2, 0) is 4.74 Å². The van der Waals surface area contributed by atoms with Gasteiger partial charge in [-0.2, -0.15) is 0 Å². The molecule has 0 aromatic rings. The van der Waals surface area contributed by atoms with Gasteiger partial charge in [0.1, 0.15) is 0 Å². The molecule has 0 amide bonds. The smallest absolute Gasteiger partial charge is 0.191 e. The highest BCUT2D eigenvalue weighted by Crippen LogP contribution is 1.99. The minimum atomic E-state index is 0.436. The standard InChI is InChI=1S/C16H36N4O/c1-6-17-16(18-12-14-21-9-4)19-15(5)11-10-13-20(7-2)8-3/h15H,6-14H2,1-5H3,(H2,17,18,19). The molecule has 0 saturated heterocycles. The Hall–Kier alpha value is -0.810. The Bertz CT molecular complexity index is 255. The van der Waals surface area contributed by atoms with Gasteiger partial charge in [-0.25, -0.2) is 0 Å². The van der Waals surface area contributed by atoms with Gasteiger partial charge in [0, 0.05) is 19.2 Å². The third-order valence-electron chi connectivity index (χ3n) is 3.44. The van der Waals surface area contributed by atoms with Gasteiger partial charge in [0.15, 0.2) is 5.96 Å². The van der Waals surface area contributed by atoms with Crippen molar-refractivity contribution in [3.63, 3.8) is 0 Å². The molecule has 0 rings (SSSR count). The van der Waals surface area contributed by atoms with Crippen LogP contribution in [0.1, 0.15) is 47.5 Å². The van der Waals surface area contributed by atoms with Crippen molar-refractivity contribution >= 4 is 5.96 Å². The Morgan fingerprint density at radius 2 is 1.90 bits per heavy atom. The van der Waals surface area contributed by atoms with Gasteiger partial charge < -0.3 is 20.3 Å². The predicted molar refractivity (Wildman–Crippen MR) is 92.1 cm³/mol. The van der Waals surface area contributed by atoms with Gasteiger partial charge >= 0.3 is 0 Å². The molecule has 0 aliphatic rings. The molecule has 0 radical (unpaired) electrons. The molecule has 0 aromatic heterocycles. The van der Waals surface area contributed by atoms with Crippen LogP contribution in [0.3, 0.4) is 0 Å². The van der Waals surface area contributed by atoms with Gasteiger partial charge in [-0.15, -0.1) is 0 Å². The lowest BCUT2D eigenvalue weighted by atomic mass is 10.2. The molecule has 1 unspecified atom stereocenters. The number of nitrogens with one attached hydrogen (secondary N) is 2. The van der Waals surface area contributed by atoms with E-state index in [1.54, 1.807) is 0 Å². The van der Waals surface area contributed by atoms with Crippen LogP contribution in [0.15, 0.2) is 4.99 Å². The van der Waals surface area contributed by atoms with Crippen LogP contribution in [0.5, 0.6) is 0 Å². The zero-order valence-corrected chi connectivity index (χ0v) is 14.7. The second-order valence-corrected chi connectivity index (χ2v) is 5.17. The molecule has 21 heavy (non-hydrogen) atoms. The molecule has 0 fully saturated rings. The molecule has 0 aromatic carbocycles. The third kappa shape index (κ3) is 11.5. The molecule has 1 atom stereocenters. The molecular formula is C16H36N4O. The first-order valence-electron chi connectivity index (χ1n) is 8.52. The van der Waals surface area contributed by atoms with Crippen LogP contribution in [0.2, 0.25) is 0 Å². The summed E-state index contributed by atoms with van der Waals surface area (Å²) in [5.41, 5.74) is 0. The minimum Gasteiger partial charge on any atom is -0.380 e. The molecule has 0 saturated carbocycles. The SMILES string of the molecule is CCNC(=NCCOCC)NC(C)CCCN(CC)CC. The van der Waals surface area contributed by atoms with Gasteiger partial charge in [0.2, 0.25) is 0 Å². The van der Waals surface area contributed by atoms with E-state index in [0.29, 0.717) is 19.2 Å². The van der Waals surface area contributed by atoms with Crippen LogP contribution in [0.4, 0.5) is 0 Å². The fourth-order valence-corrected chi connectivity index (χ4v) is 2.15. The van der Waals surface area contributed by atoms with Crippen molar-refractivity contribution in [1.82, 2.24) is 15.5 Å². The van der Waals surface area contributed by atoms with Crippen LogP contribution in [0, 0.1) is 0 Å². The van der Waals surface area contributed by atoms with Crippen molar-refractivity contribution in [3.05, 3.63) is 0 Å². The molecule has 0 spiro atoms. The fraction of sp³-hybridized carbons (Fsp3) is 0.938. The van der Waals surface area contributed by atoms with E-state index in [1.165, 1.54) is 13.0 Å². The summed E-state index contributed by atoms with van der Waals surface area (Å²) in [6.45, 7) is 17.2. The molecule has 5 nitrogen and oxygen atoms in total. The molecule has 2 N–H and O–H groups in total. The van der Waals surface area contributed by atoms with E-state index in [4.69, 9.17) is 4.74 Å². The average Bonchev–Trinajstić information content (AvgIpc) is 2.48. The van der Waals surface area contributed by atoms with Crippen LogP contribution in [0.25, 0.3) is 0 Å². The van der Waals surface area contributed by atoms with E-state index in [1.807, 2.05) is 6.92 Å². The lowest BCUT2D eigenvalue weighted by Crippen LogP contribution is -2.42. The van der Waals surface area contributed by atoms with Gasteiger partial charge in [-0.05, 0) is 53.2 Å². The first-order valence-corrected chi connectivity index (χ1v) is 8.52. The topological polar surface area (TPSA) is 48.9 Å². The maximum absolute atomic E-state index is 5.31. The summed E-state index contributed by atoms with van der Waals surface area (Å²) in [6.07, 6.45) is 2.38. The summed E-state index contributed by atoms with van der Waals surface area (Å²) in [7, 11) is 0. The zero-order chi connectivity index (χ0) is 15.9. The lowest BCUT2D eigenvalue weighted by molar-refractivity contribution is 0.155. The second-order valence-electron chi connectivity index (χ2n) is 5.17. The van der Waals surface area contributed by atoms with Crippen molar-refractivity contribution in [3.8, 4) is 0 Å². The van der Waals surface area contributed by atoms with Gasteiger partial charge in [0.25, 0.3) is 0 Å². The van der Waals surface area contributed by atoms with Crippen LogP contribution >= 0.6 is 0 Å². The maximum Gasteiger partial charge on any atom is 0.191 e. The van der Waals surface area contributed by atoms with Gasteiger partial charge in [0.05, 0.1) is 13.2 Å². The Morgan fingerprint density at radius 3 is 2.48 bits per heavy atom. The quantitative estimate of drug-likeness (QED) is 0.329. The average molecular weight is 300 g/mol. The van der Waals surface area contributed by atoms with Gasteiger partial charge in [-0.3, -0.25) is 4.99 Å². The Labute approximate surface area is 131 Å². The zero-order valence-electron chi connectivity index (χ0n) is 14.7. The monoisotopic (exact) mass is 300 g/mol. The van der Waals surface area contributed by atoms with Crippen molar-refractivity contribution in [2.24, 2.45) is 4.99 Å². The third-order valence-corrected chi connectivity index (χ3v) is 3.44. The Kier molecular flexibility index (Phi) is 13.6. The lowest BCUT2D eigenvalue weighted by Gasteiger charge is -2.21. The van der Waals surface area contributed by atoms with E-state index in [0.717, 1.165) is 38.6 Å². The molecule has 0 bridgehead atoms. The molecular weight excluding hydrogens is 264 g/mol. The van der Waals surface area contributed by atoms with Crippen LogP contribution in [-0.4, -0.2) is 62.8 Å². The largest absolute Gasteiger partial charge is 0.380 e. The summed E-state index contributed by atoms with van der Waals surface area (Å²) in [5.74, 6) is 0.896. The number of ether oxygens (including phenoxy) is 1. The van der Waals surface area contributed by atoms with Crippen molar-refractivity contribution in [1.29, 1.82) is 0 Å². The first kappa shape index (κ1) is 20.2. The Balaban J connectivity index is 4.01. The van der Waals surface area contributed by atoms with E-state index in [9.17, 15) is 0 Å². The predicted octanol–water partition coefficient (Wildman–Crippen LogP) is 2.09. The summed E-state index contributed by atoms with van der Waals surface area (Å²) >= 11 is 0. The molecule has 5 heteroatoms. The molecule has 0 heterocycles. The molecule has 126 valence electrons.